The van der Waals surface area contributed by atoms with Gasteiger partial charge < -0.3 is 15.2 Å². The van der Waals surface area contributed by atoms with Gasteiger partial charge in [-0.15, -0.1) is 11.8 Å². The van der Waals surface area contributed by atoms with E-state index in [4.69, 9.17) is 10.5 Å². The highest BCUT2D eigenvalue weighted by Gasteiger charge is 2.27. The Bertz CT molecular complexity index is 246. The van der Waals surface area contributed by atoms with E-state index >= 15 is 0 Å². The standard InChI is InChI=1S/C9H15NO4S/c1-13-8(11)6(10)3-5-15-7-2-4-14-9(7)12/h6-7H,2-5,10H2,1H3. The summed E-state index contributed by atoms with van der Waals surface area (Å²) >= 11 is 1.49. The number of carbonyl (C=O) groups excluding carboxylic acids is 2. The topological polar surface area (TPSA) is 78.6 Å². The monoisotopic (exact) mass is 233 g/mol. The largest absolute Gasteiger partial charge is 0.468 e. The molecule has 0 amide bonds. The number of ether oxygens (including phenoxy) is 2. The minimum atomic E-state index is -0.597. The molecule has 1 heterocycles. The van der Waals surface area contributed by atoms with Gasteiger partial charge in [0.1, 0.15) is 11.3 Å². The fourth-order valence-electron chi connectivity index (χ4n) is 1.24. The van der Waals surface area contributed by atoms with Crippen molar-refractivity contribution < 1.29 is 19.1 Å². The lowest BCUT2D eigenvalue weighted by molar-refractivity contribution is -0.142. The zero-order chi connectivity index (χ0) is 11.3. The highest BCUT2D eigenvalue weighted by Crippen LogP contribution is 2.22. The van der Waals surface area contributed by atoms with E-state index in [0.29, 0.717) is 18.8 Å². The molecule has 0 aromatic heterocycles. The Hall–Kier alpha value is -0.750. The SMILES string of the molecule is COC(=O)C(N)CCSC1CCOC1=O. The summed E-state index contributed by atoms with van der Waals surface area (Å²) in [5.41, 5.74) is 5.54. The number of methoxy groups -OCH3 is 1. The fraction of sp³-hybridized carbons (Fsp3) is 0.778. The summed E-state index contributed by atoms with van der Waals surface area (Å²) in [7, 11) is 1.31. The highest BCUT2D eigenvalue weighted by molar-refractivity contribution is 8.00. The van der Waals surface area contributed by atoms with Crippen LogP contribution in [0.15, 0.2) is 0 Å². The summed E-state index contributed by atoms with van der Waals surface area (Å²) < 4.78 is 9.30. The summed E-state index contributed by atoms with van der Waals surface area (Å²) in [5, 5.41) is -0.0881. The summed E-state index contributed by atoms with van der Waals surface area (Å²) in [6.07, 6.45) is 1.26. The van der Waals surface area contributed by atoms with E-state index < -0.39 is 12.0 Å². The molecule has 0 aromatic carbocycles. The lowest BCUT2D eigenvalue weighted by atomic mass is 10.2. The molecule has 0 saturated carbocycles. The van der Waals surface area contributed by atoms with E-state index in [2.05, 4.69) is 4.74 Å². The van der Waals surface area contributed by atoms with E-state index in [1.165, 1.54) is 18.9 Å². The second-order valence-electron chi connectivity index (χ2n) is 3.23. The Morgan fingerprint density at radius 2 is 2.53 bits per heavy atom. The molecule has 5 nitrogen and oxygen atoms in total. The zero-order valence-electron chi connectivity index (χ0n) is 8.60. The van der Waals surface area contributed by atoms with Crippen LogP contribution in [-0.4, -0.2) is 42.7 Å². The number of rotatable bonds is 5. The molecule has 0 radical (unpaired) electrons. The predicted molar refractivity (Wildman–Crippen MR) is 56.4 cm³/mol. The third-order valence-electron chi connectivity index (χ3n) is 2.14. The number of nitrogens with two attached hydrogens (primary N) is 1. The van der Waals surface area contributed by atoms with Gasteiger partial charge in [-0.3, -0.25) is 9.59 Å². The van der Waals surface area contributed by atoms with Crippen molar-refractivity contribution in [3.63, 3.8) is 0 Å². The van der Waals surface area contributed by atoms with Crippen LogP contribution >= 0.6 is 11.8 Å². The molecule has 15 heavy (non-hydrogen) atoms. The van der Waals surface area contributed by atoms with Crippen LogP contribution in [0.2, 0.25) is 0 Å². The number of esters is 2. The molecule has 2 atom stereocenters. The normalized spacial score (nSPS) is 22.3. The first-order chi connectivity index (χ1) is 7.15. The van der Waals surface area contributed by atoms with Crippen LogP contribution in [-0.2, 0) is 19.1 Å². The van der Waals surface area contributed by atoms with Crippen molar-refractivity contribution in [3.8, 4) is 0 Å². The molecule has 2 N–H and O–H groups in total. The molecular formula is C9H15NO4S. The van der Waals surface area contributed by atoms with E-state index in [9.17, 15) is 9.59 Å². The molecule has 86 valence electrons. The van der Waals surface area contributed by atoms with Crippen molar-refractivity contribution >= 4 is 23.7 Å². The molecule has 6 heteroatoms. The van der Waals surface area contributed by atoms with Gasteiger partial charge in [0, 0.05) is 6.42 Å². The van der Waals surface area contributed by atoms with Crippen LogP contribution in [0.3, 0.4) is 0 Å². The second-order valence-corrected chi connectivity index (χ2v) is 4.54. The van der Waals surface area contributed by atoms with Crippen molar-refractivity contribution in [2.75, 3.05) is 19.5 Å². The number of hydrogen-bond donors (Lipinski definition) is 1. The lowest BCUT2D eigenvalue weighted by Gasteiger charge is -2.09. The molecule has 1 aliphatic heterocycles. The smallest absolute Gasteiger partial charge is 0.322 e. The quantitative estimate of drug-likeness (QED) is 0.669. The summed E-state index contributed by atoms with van der Waals surface area (Å²) in [5.74, 6) is 0.0898. The third kappa shape index (κ3) is 3.71. The van der Waals surface area contributed by atoms with Gasteiger partial charge >= 0.3 is 11.9 Å². The van der Waals surface area contributed by atoms with Gasteiger partial charge in [-0.05, 0) is 12.2 Å². The Morgan fingerprint density at radius 1 is 1.80 bits per heavy atom. The van der Waals surface area contributed by atoms with Crippen molar-refractivity contribution in [2.45, 2.75) is 24.1 Å². The molecule has 0 bridgehead atoms. The highest BCUT2D eigenvalue weighted by atomic mass is 32.2. The number of cyclic esters (lactones) is 1. The first-order valence-corrected chi connectivity index (χ1v) is 5.81. The molecule has 1 saturated heterocycles. The fourth-order valence-corrected chi connectivity index (χ4v) is 2.38. The average molecular weight is 233 g/mol. The van der Waals surface area contributed by atoms with Crippen molar-refractivity contribution in [3.05, 3.63) is 0 Å². The van der Waals surface area contributed by atoms with Crippen LogP contribution in [0.25, 0.3) is 0 Å². The Labute approximate surface area is 92.7 Å². The number of hydrogen-bond acceptors (Lipinski definition) is 6. The van der Waals surface area contributed by atoms with Gasteiger partial charge in [-0.25, -0.2) is 0 Å². The Kier molecular flexibility index (Phi) is 4.90. The first-order valence-electron chi connectivity index (χ1n) is 4.76. The Morgan fingerprint density at radius 3 is 3.07 bits per heavy atom. The van der Waals surface area contributed by atoms with Gasteiger partial charge in [0.25, 0.3) is 0 Å². The molecule has 0 aromatic rings. The minimum Gasteiger partial charge on any atom is -0.468 e. The van der Waals surface area contributed by atoms with Gasteiger partial charge in [-0.2, -0.15) is 0 Å². The zero-order valence-corrected chi connectivity index (χ0v) is 9.42. The molecule has 0 aliphatic carbocycles. The van der Waals surface area contributed by atoms with Crippen LogP contribution in [0, 0.1) is 0 Å². The van der Waals surface area contributed by atoms with Crippen molar-refractivity contribution in [2.24, 2.45) is 5.73 Å². The van der Waals surface area contributed by atoms with Crippen LogP contribution in [0.5, 0.6) is 0 Å². The van der Waals surface area contributed by atoms with E-state index in [-0.39, 0.29) is 11.2 Å². The molecule has 0 spiro atoms. The summed E-state index contributed by atoms with van der Waals surface area (Å²) in [4.78, 5) is 22.0. The van der Waals surface area contributed by atoms with Crippen LogP contribution in [0.1, 0.15) is 12.8 Å². The van der Waals surface area contributed by atoms with E-state index in [1.54, 1.807) is 0 Å². The predicted octanol–water partition coefficient (Wildman–Crippen LogP) is -0.0745. The molecule has 1 rings (SSSR count). The summed E-state index contributed by atoms with van der Waals surface area (Å²) in [6, 6.07) is -0.597. The molecule has 1 aliphatic rings. The molecule has 2 unspecified atom stereocenters. The van der Waals surface area contributed by atoms with Gasteiger partial charge in [-0.1, -0.05) is 0 Å². The third-order valence-corrected chi connectivity index (χ3v) is 3.44. The maximum atomic E-state index is 11.1. The lowest BCUT2D eigenvalue weighted by Crippen LogP contribution is -2.32. The maximum Gasteiger partial charge on any atom is 0.322 e. The molecule has 1 fully saturated rings. The average Bonchev–Trinajstić information content (AvgIpc) is 2.63. The number of thioether (sulfide) groups is 1. The van der Waals surface area contributed by atoms with Crippen molar-refractivity contribution in [1.82, 2.24) is 0 Å². The second kappa shape index (κ2) is 5.97. The van der Waals surface area contributed by atoms with Crippen LogP contribution in [0.4, 0.5) is 0 Å². The van der Waals surface area contributed by atoms with Gasteiger partial charge in [0.15, 0.2) is 0 Å². The first kappa shape index (κ1) is 12.3. The van der Waals surface area contributed by atoms with E-state index in [0.717, 1.165) is 6.42 Å². The van der Waals surface area contributed by atoms with Gasteiger partial charge in [0.05, 0.1) is 13.7 Å². The summed E-state index contributed by atoms with van der Waals surface area (Å²) in [6.45, 7) is 0.500. The Balaban J connectivity index is 2.15. The van der Waals surface area contributed by atoms with E-state index in [1.807, 2.05) is 0 Å². The van der Waals surface area contributed by atoms with Crippen LogP contribution < -0.4 is 5.73 Å². The maximum absolute atomic E-state index is 11.1. The van der Waals surface area contributed by atoms with Gasteiger partial charge in [0.2, 0.25) is 0 Å². The van der Waals surface area contributed by atoms with Crippen molar-refractivity contribution in [1.29, 1.82) is 0 Å². The minimum absolute atomic E-state index is 0.0881. The number of carbonyl (C=O) groups is 2. The molecular weight excluding hydrogens is 218 g/mol.